The van der Waals surface area contributed by atoms with Crippen molar-refractivity contribution in [2.45, 2.75) is 13.3 Å². The summed E-state index contributed by atoms with van der Waals surface area (Å²) in [5.41, 5.74) is 3.71. The van der Waals surface area contributed by atoms with Crippen LogP contribution in [0, 0.1) is 6.92 Å². The molecule has 72 valence electrons. The SMILES string of the molecule is Cc1cccc(CCN(C)CBr)c1. The van der Waals surface area contributed by atoms with Gasteiger partial charge in [-0.1, -0.05) is 45.8 Å². The lowest BCUT2D eigenvalue weighted by Crippen LogP contribution is -2.18. The summed E-state index contributed by atoms with van der Waals surface area (Å²) >= 11 is 3.43. The van der Waals surface area contributed by atoms with Crippen LogP contribution in [0.5, 0.6) is 0 Å². The Kier molecular flexibility index (Phi) is 4.46. The number of halogens is 1. The summed E-state index contributed by atoms with van der Waals surface area (Å²) in [5.74, 6) is 0. The van der Waals surface area contributed by atoms with Crippen molar-refractivity contribution in [2.75, 3.05) is 19.0 Å². The lowest BCUT2D eigenvalue weighted by atomic mass is 10.1. The van der Waals surface area contributed by atoms with Crippen LogP contribution in [-0.2, 0) is 6.42 Å². The van der Waals surface area contributed by atoms with Gasteiger partial charge < -0.3 is 0 Å². The molecule has 0 saturated carbocycles. The molecule has 1 aromatic carbocycles. The average molecular weight is 242 g/mol. The minimum absolute atomic E-state index is 0.943. The fourth-order valence-electron chi connectivity index (χ4n) is 1.25. The van der Waals surface area contributed by atoms with Gasteiger partial charge in [0.15, 0.2) is 0 Å². The highest BCUT2D eigenvalue weighted by atomic mass is 79.9. The van der Waals surface area contributed by atoms with Crippen LogP contribution in [0.4, 0.5) is 0 Å². The van der Waals surface area contributed by atoms with Crippen LogP contribution in [0.15, 0.2) is 24.3 Å². The smallest absolute Gasteiger partial charge is 0.0539 e. The molecule has 0 saturated heterocycles. The summed E-state index contributed by atoms with van der Waals surface area (Å²) in [4.78, 5) is 2.25. The molecular formula is C11H16BrN. The first kappa shape index (κ1) is 10.7. The average Bonchev–Trinajstić information content (AvgIpc) is 2.14. The van der Waals surface area contributed by atoms with Crippen molar-refractivity contribution in [2.24, 2.45) is 0 Å². The summed E-state index contributed by atoms with van der Waals surface area (Å²) in [5, 5.41) is 0. The van der Waals surface area contributed by atoms with E-state index in [0.717, 1.165) is 18.4 Å². The number of benzene rings is 1. The van der Waals surface area contributed by atoms with E-state index in [4.69, 9.17) is 0 Å². The van der Waals surface area contributed by atoms with Gasteiger partial charge in [-0.3, -0.25) is 4.90 Å². The van der Waals surface area contributed by atoms with Gasteiger partial charge in [0.25, 0.3) is 0 Å². The topological polar surface area (TPSA) is 3.24 Å². The Labute approximate surface area is 88.9 Å². The molecule has 0 unspecified atom stereocenters. The monoisotopic (exact) mass is 241 g/mol. The molecule has 0 radical (unpaired) electrons. The second-order valence-corrected chi connectivity index (χ2v) is 3.94. The maximum absolute atomic E-state index is 3.43. The number of hydrogen-bond donors (Lipinski definition) is 0. The Morgan fingerprint density at radius 1 is 1.38 bits per heavy atom. The van der Waals surface area contributed by atoms with E-state index in [1.54, 1.807) is 0 Å². The highest BCUT2D eigenvalue weighted by Crippen LogP contribution is 2.05. The molecule has 0 aliphatic carbocycles. The van der Waals surface area contributed by atoms with E-state index in [0.29, 0.717) is 0 Å². The third kappa shape index (κ3) is 3.92. The van der Waals surface area contributed by atoms with Crippen LogP contribution in [-0.4, -0.2) is 23.9 Å². The van der Waals surface area contributed by atoms with Crippen molar-refractivity contribution in [3.05, 3.63) is 35.4 Å². The van der Waals surface area contributed by atoms with Crippen molar-refractivity contribution in [1.29, 1.82) is 0 Å². The molecular weight excluding hydrogens is 226 g/mol. The Hall–Kier alpha value is -0.340. The van der Waals surface area contributed by atoms with Crippen molar-refractivity contribution < 1.29 is 0 Å². The molecule has 0 N–H and O–H groups in total. The largest absolute Gasteiger partial charge is 0.296 e. The van der Waals surface area contributed by atoms with Gasteiger partial charge in [-0.05, 0) is 26.0 Å². The van der Waals surface area contributed by atoms with Crippen LogP contribution in [0.25, 0.3) is 0 Å². The molecule has 1 nitrogen and oxygen atoms in total. The van der Waals surface area contributed by atoms with Crippen LogP contribution in [0.3, 0.4) is 0 Å². The second-order valence-electron chi connectivity index (χ2n) is 3.44. The van der Waals surface area contributed by atoms with Gasteiger partial charge in [0.05, 0.1) is 5.45 Å². The fourth-order valence-corrected chi connectivity index (χ4v) is 1.50. The van der Waals surface area contributed by atoms with E-state index in [-0.39, 0.29) is 0 Å². The summed E-state index contributed by atoms with van der Waals surface area (Å²) in [7, 11) is 2.12. The number of aryl methyl sites for hydroxylation is 1. The normalized spacial score (nSPS) is 10.8. The Balaban J connectivity index is 2.45. The lowest BCUT2D eigenvalue weighted by Gasteiger charge is -2.12. The molecule has 0 amide bonds. The highest BCUT2D eigenvalue weighted by Gasteiger charge is 1.96. The van der Waals surface area contributed by atoms with Gasteiger partial charge in [-0.15, -0.1) is 0 Å². The van der Waals surface area contributed by atoms with Crippen LogP contribution in [0.2, 0.25) is 0 Å². The number of likely N-dealkylation sites (N-methyl/N-ethyl adjacent to an activating group) is 1. The summed E-state index contributed by atoms with van der Waals surface area (Å²) in [6.07, 6.45) is 1.13. The first-order valence-electron chi connectivity index (χ1n) is 4.52. The molecule has 0 aliphatic heterocycles. The van der Waals surface area contributed by atoms with Crippen LogP contribution < -0.4 is 0 Å². The molecule has 2 heteroatoms. The summed E-state index contributed by atoms with van der Waals surface area (Å²) in [6, 6.07) is 8.70. The number of alkyl halides is 1. The molecule has 0 spiro atoms. The van der Waals surface area contributed by atoms with E-state index in [9.17, 15) is 0 Å². The summed E-state index contributed by atoms with van der Waals surface area (Å²) in [6.45, 7) is 3.24. The first-order chi connectivity index (χ1) is 6.22. The molecule has 0 bridgehead atoms. The molecule has 13 heavy (non-hydrogen) atoms. The van der Waals surface area contributed by atoms with Gasteiger partial charge >= 0.3 is 0 Å². The molecule has 0 aromatic heterocycles. The Morgan fingerprint density at radius 2 is 2.15 bits per heavy atom. The lowest BCUT2D eigenvalue weighted by molar-refractivity contribution is 0.401. The maximum atomic E-state index is 3.43. The predicted octanol–water partition coefficient (Wildman–Crippen LogP) is 2.82. The number of rotatable bonds is 4. The summed E-state index contributed by atoms with van der Waals surface area (Å²) < 4.78 is 0. The minimum atomic E-state index is 0.943. The molecule has 0 heterocycles. The van der Waals surface area contributed by atoms with Crippen LogP contribution >= 0.6 is 15.9 Å². The van der Waals surface area contributed by atoms with Crippen molar-refractivity contribution in [3.8, 4) is 0 Å². The zero-order valence-corrected chi connectivity index (χ0v) is 9.84. The first-order valence-corrected chi connectivity index (χ1v) is 5.64. The highest BCUT2D eigenvalue weighted by molar-refractivity contribution is 9.09. The van der Waals surface area contributed by atoms with E-state index < -0.39 is 0 Å². The van der Waals surface area contributed by atoms with E-state index in [2.05, 4.69) is 59.1 Å². The zero-order valence-electron chi connectivity index (χ0n) is 8.26. The zero-order chi connectivity index (χ0) is 9.68. The quantitative estimate of drug-likeness (QED) is 0.579. The maximum Gasteiger partial charge on any atom is 0.0539 e. The van der Waals surface area contributed by atoms with Gasteiger partial charge in [0.1, 0.15) is 0 Å². The van der Waals surface area contributed by atoms with Crippen molar-refractivity contribution >= 4 is 15.9 Å². The Morgan fingerprint density at radius 3 is 2.77 bits per heavy atom. The van der Waals surface area contributed by atoms with Gasteiger partial charge in [-0.25, -0.2) is 0 Å². The van der Waals surface area contributed by atoms with Gasteiger partial charge in [0.2, 0.25) is 0 Å². The molecule has 1 rings (SSSR count). The minimum Gasteiger partial charge on any atom is -0.296 e. The third-order valence-electron chi connectivity index (χ3n) is 2.07. The third-order valence-corrected chi connectivity index (χ3v) is 2.92. The van der Waals surface area contributed by atoms with Crippen molar-refractivity contribution in [1.82, 2.24) is 4.90 Å². The van der Waals surface area contributed by atoms with Gasteiger partial charge in [0, 0.05) is 6.54 Å². The predicted molar refractivity (Wildman–Crippen MR) is 61.3 cm³/mol. The van der Waals surface area contributed by atoms with Gasteiger partial charge in [-0.2, -0.15) is 0 Å². The molecule has 0 atom stereocenters. The van der Waals surface area contributed by atoms with E-state index in [1.807, 2.05) is 0 Å². The second kappa shape index (κ2) is 5.40. The molecule has 0 aliphatic rings. The number of nitrogens with zero attached hydrogens (tertiary/aromatic N) is 1. The Bertz CT molecular complexity index is 260. The van der Waals surface area contributed by atoms with Crippen LogP contribution in [0.1, 0.15) is 11.1 Å². The van der Waals surface area contributed by atoms with Crippen molar-refractivity contribution in [3.63, 3.8) is 0 Å². The van der Waals surface area contributed by atoms with E-state index in [1.165, 1.54) is 11.1 Å². The standard InChI is InChI=1S/C11H16BrN/c1-10-4-3-5-11(8-10)6-7-13(2)9-12/h3-5,8H,6-7,9H2,1-2H3. The number of hydrogen-bond acceptors (Lipinski definition) is 1. The molecule has 1 aromatic rings. The van der Waals surface area contributed by atoms with E-state index >= 15 is 0 Å². The fraction of sp³-hybridized carbons (Fsp3) is 0.455. The molecule has 0 fully saturated rings.